The van der Waals surface area contributed by atoms with Gasteiger partial charge in [0.1, 0.15) is 0 Å². The van der Waals surface area contributed by atoms with Gasteiger partial charge in [0.2, 0.25) is 5.89 Å². The third-order valence-electron chi connectivity index (χ3n) is 14.5. The summed E-state index contributed by atoms with van der Waals surface area (Å²) in [5, 5.41) is 4.30. The van der Waals surface area contributed by atoms with Crippen LogP contribution in [-0.2, 0) is 0 Å². The van der Waals surface area contributed by atoms with Crippen molar-refractivity contribution in [1.29, 1.82) is 0 Å². The van der Waals surface area contributed by atoms with Crippen LogP contribution in [0.3, 0.4) is 0 Å². The van der Waals surface area contributed by atoms with Gasteiger partial charge in [-0.2, -0.15) is 0 Å². The Kier molecular flexibility index (Phi) is 11.5. The number of rotatable bonds is 10. The molecular weight excluding hydrogens is 895 g/mol. The number of oxazole rings is 1. The van der Waals surface area contributed by atoms with E-state index in [9.17, 15) is 0 Å². The Morgan fingerprint density at radius 1 is 0.270 bits per heavy atom. The Bertz CT molecular complexity index is 3890. The number of nitrogens with zero attached hydrogens (tertiary/aromatic N) is 1. The summed E-state index contributed by atoms with van der Waals surface area (Å²) in [4.78, 5) is 5.48. The second-order valence-corrected chi connectivity index (χ2v) is 18.9. The minimum Gasteiger partial charge on any atom is -0.436 e. The highest BCUT2D eigenvalue weighted by Crippen LogP contribution is 2.59. The van der Waals surface area contributed by atoms with Gasteiger partial charge in [0.05, 0.1) is 11.8 Å². The van der Waals surface area contributed by atoms with Gasteiger partial charge in [0, 0.05) is 16.3 Å². The van der Waals surface area contributed by atoms with Gasteiger partial charge in [-0.25, -0.2) is 4.98 Å². The maximum atomic E-state index is 7.44. The predicted molar refractivity (Wildman–Crippen MR) is 311 cm³/mol. The highest BCUT2D eigenvalue weighted by atomic mass is 16.4. The number of benzene rings is 12. The molecule has 2 nitrogen and oxygen atoms in total. The first-order valence-electron chi connectivity index (χ1n) is 25.4. The zero-order chi connectivity index (χ0) is 49.4. The number of aromatic nitrogens is 1. The Hall–Kier alpha value is -9.63. The van der Waals surface area contributed by atoms with E-state index in [1.54, 1.807) is 0 Å². The zero-order valence-electron chi connectivity index (χ0n) is 40.9. The van der Waals surface area contributed by atoms with Crippen LogP contribution in [-0.4, -0.2) is 4.98 Å². The molecule has 1 aromatic heterocycles. The molecule has 0 unspecified atom stereocenters. The van der Waals surface area contributed by atoms with Crippen molar-refractivity contribution in [2.24, 2.45) is 0 Å². The van der Waals surface area contributed by atoms with E-state index in [-0.39, 0.29) is 0 Å². The van der Waals surface area contributed by atoms with Gasteiger partial charge < -0.3 is 4.42 Å². The van der Waals surface area contributed by atoms with E-state index in [0.717, 1.165) is 127 Å². The van der Waals surface area contributed by atoms with Crippen molar-refractivity contribution in [1.82, 2.24) is 4.98 Å². The molecule has 348 valence electrons. The lowest BCUT2D eigenvalue weighted by molar-refractivity contribution is 0.590. The van der Waals surface area contributed by atoms with Crippen LogP contribution in [0.5, 0.6) is 0 Å². The number of hydrogen-bond donors (Lipinski definition) is 0. The SMILES string of the molecule is Cc1ccccc1-c1cnc(-c2c3c(-c4ccccc4)c(-c4ccccc4)c(-c4ccccc4)c(-c4ccccc4)c3cc3c(-c4ccccc4)c(-c4ccccc4)c(-c4ccccc4)c(-c4ccccc4)c23)o1. The van der Waals surface area contributed by atoms with Crippen molar-refractivity contribution >= 4 is 21.5 Å². The molecule has 0 aliphatic heterocycles. The Morgan fingerprint density at radius 2 is 0.541 bits per heavy atom. The van der Waals surface area contributed by atoms with Crippen LogP contribution in [0.1, 0.15) is 5.56 Å². The van der Waals surface area contributed by atoms with Crippen LogP contribution >= 0.6 is 0 Å². The molecule has 13 rings (SSSR count). The average Bonchev–Trinajstić information content (AvgIpc) is 4.06. The van der Waals surface area contributed by atoms with E-state index in [4.69, 9.17) is 9.40 Å². The van der Waals surface area contributed by atoms with Crippen LogP contribution in [0.4, 0.5) is 0 Å². The average molecular weight is 944 g/mol. The number of hydrogen-bond acceptors (Lipinski definition) is 2. The van der Waals surface area contributed by atoms with Gasteiger partial charge in [-0.15, -0.1) is 0 Å². The van der Waals surface area contributed by atoms with Gasteiger partial charge >= 0.3 is 0 Å². The minimum atomic E-state index is 0.546. The van der Waals surface area contributed by atoms with E-state index < -0.39 is 0 Å². The molecular formula is C72H49NO. The molecule has 1 heterocycles. The first-order chi connectivity index (χ1) is 36.7. The first kappa shape index (κ1) is 44.3. The summed E-state index contributed by atoms with van der Waals surface area (Å²) in [6.45, 7) is 2.14. The monoisotopic (exact) mass is 943 g/mol. The van der Waals surface area contributed by atoms with Crippen molar-refractivity contribution < 1.29 is 4.42 Å². The van der Waals surface area contributed by atoms with Crippen molar-refractivity contribution in [2.75, 3.05) is 0 Å². The Morgan fingerprint density at radius 3 is 0.865 bits per heavy atom. The predicted octanol–water partition coefficient (Wildman–Crippen LogP) is 20.0. The molecule has 13 aromatic rings. The number of fused-ring (bicyclic) bond motifs is 2. The van der Waals surface area contributed by atoms with Crippen LogP contribution < -0.4 is 0 Å². The third kappa shape index (κ3) is 7.73. The molecule has 12 aromatic carbocycles. The molecule has 0 saturated carbocycles. The maximum absolute atomic E-state index is 7.44. The highest BCUT2D eigenvalue weighted by molar-refractivity contribution is 6.32. The van der Waals surface area contributed by atoms with Crippen LogP contribution in [0, 0.1) is 6.92 Å². The van der Waals surface area contributed by atoms with Gasteiger partial charge in [-0.05, 0) is 118 Å². The van der Waals surface area contributed by atoms with Crippen molar-refractivity contribution in [3.63, 3.8) is 0 Å². The quantitative estimate of drug-likeness (QED) is 0.128. The van der Waals surface area contributed by atoms with Crippen LogP contribution in [0.25, 0.3) is 133 Å². The fraction of sp³-hybridized carbons (Fsp3) is 0.0139. The van der Waals surface area contributed by atoms with E-state index in [2.05, 4.69) is 280 Å². The highest BCUT2D eigenvalue weighted by Gasteiger charge is 2.33. The Balaban J connectivity index is 1.41. The molecule has 0 saturated heterocycles. The Labute approximate surface area is 432 Å². The van der Waals surface area contributed by atoms with E-state index >= 15 is 0 Å². The lowest BCUT2D eigenvalue weighted by Gasteiger charge is -2.29. The summed E-state index contributed by atoms with van der Waals surface area (Å²) >= 11 is 0. The summed E-state index contributed by atoms with van der Waals surface area (Å²) < 4.78 is 7.44. The molecule has 0 fully saturated rings. The molecule has 0 radical (unpaired) electrons. The lowest BCUT2D eigenvalue weighted by atomic mass is 9.73. The normalized spacial score (nSPS) is 11.3. The fourth-order valence-electron chi connectivity index (χ4n) is 11.4. The van der Waals surface area contributed by atoms with Crippen molar-refractivity contribution in [2.45, 2.75) is 6.92 Å². The summed E-state index contributed by atoms with van der Waals surface area (Å²) in [5.41, 5.74) is 21.0. The number of aryl methyl sites for hydroxylation is 1. The molecule has 0 bridgehead atoms. The van der Waals surface area contributed by atoms with Gasteiger partial charge in [0.15, 0.2) is 5.76 Å². The molecule has 0 spiro atoms. The first-order valence-corrected chi connectivity index (χ1v) is 25.4. The summed E-state index contributed by atoms with van der Waals surface area (Å²) in [5.74, 6) is 1.26. The largest absolute Gasteiger partial charge is 0.436 e. The molecule has 0 amide bonds. The molecule has 0 aliphatic rings. The fourth-order valence-corrected chi connectivity index (χ4v) is 11.4. The van der Waals surface area contributed by atoms with E-state index in [1.807, 2.05) is 6.20 Å². The van der Waals surface area contributed by atoms with Gasteiger partial charge in [-0.3, -0.25) is 0 Å². The van der Waals surface area contributed by atoms with E-state index in [0.29, 0.717) is 11.7 Å². The second kappa shape index (κ2) is 19.2. The molecule has 2 heteroatoms. The summed E-state index contributed by atoms with van der Waals surface area (Å²) in [7, 11) is 0. The van der Waals surface area contributed by atoms with E-state index in [1.165, 1.54) is 0 Å². The second-order valence-electron chi connectivity index (χ2n) is 18.9. The molecule has 74 heavy (non-hydrogen) atoms. The zero-order valence-corrected chi connectivity index (χ0v) is 40.9. The van der Waals surface area contributed by atoms with Gasteiger partial charge in [-0.1, -0.05) is 267 Å². The van der Waals surface area contributed by atoms with Crippen LogP contribution in [0.2, 0.25) is 0 Å². The maximum Gasteiger partial charge on any atom is 0.228 e. The summed E-state index contributed by atoms with van der Waals surface area (Å²) in [6, 6.07) is 98.7. The molecule has 0 N–H and O–H groups in total. The van der Waals surface area contributed by atoms with Crippen molar-refractivity contribution in [3.8, 4) is 112 Å². The topological polar surface area (TPSA) is 26.0 Å². The molecule has 0 atom stereocenters. The van der Waals surface area contributed by atoms with Crippen LogP contribution in [0.15, 0.2) is 284 Å². The third-order valence-corrected chi connectivity index (χ3v) is 14.5. The van der Waals surface area contributed by atoms with Gasteiger partial charge in [0.25, 0.3) is 0 Å². The summed E-state index contributed by atoms with van der Waals surface area (Å²) in [6.07, 6.45) is 1.93. The molecule has 0 aliphatic carbocycles. The minimum absolute atomic E-state index is 0.546. The van der Waals surface area contributed by atoms with Crippen molar-refractivity contribution in [3.05, 3.63) is 285 Å². The lowest BCUT2D eigenvalue weighted by Crippen LogP contribution is -2.02. The smallest absolute Gasteiger partial charge is 0.228 e. The standard InChI is InChI=1S/C72H49NO/c1-48-28-26-27-45-57(48)60-47-73-72(74-60)71-69-58(61(49-29-10-2-11-30-49)63(51-33-14-4-15-34-51)65(53-37-18-6-19-38-53)67(69)55-41-22-8-23-42-55)46-59-62(50-31-12-3-13-32-50)64(52-35-16-5-17-36-52)66(54-39-20-7-21-40-54)68(70(59)71)56-43-24-9-25-44-56/h2-47H,1H3.